The van der Waals surface area contributed by atoms with Crippen LogP contribution in [0.4, 0.5) is 0 Å². The summed E-state index contributed by atoms with van der Waals surface area (Å²) in [4.78, 5) is 11.1. The molecule has 0 unspecified atom stereocenters. The van der Waals surface area contributed by atoms with Crippen molar-refractivity contribution < 1.29 is 24.2 Å². The highest BCUT2D eigenvalue weighted by Crippen LogP contribution is 2.50. The van der Waals surface area contributed by atoms with E-state index in [1.807, 2.05) is 20.8 Å². The number of rotatable bonds is 4. The van der Waals surface area contributed by atoms with Crippen LogP contribution in [-0.4, -0.2) is 47.7 Å². The minimum Gasteiger partial charge on any atom is -0.465 e. The van der Waals surface area contributed by atoms with Crippen molar-refractivity contribution >= 4 is 5.97 Å². The Hall–Kier alpha value is -0.690. The van der Waals surface area contributed by atoms with Gasteiger partial charge in [-0.3, -0.25) is 4.79 Å². The molecule has 0 amide bonds. The van der Waals surface area contributed by atoms with Gasteiger partial charge in [0.15, 0.2) is 5.79 Å². The molecule has 1 radical (unpaired) electrons. The maximum Gasteiger partial charge on any atom is 0.302 e. The van der Waals surface area contributed by atoms with E-state index in [2.05, 4.69) is 13.8 Å². The van der Waals surface area contributed by atoms with Crippen LogP contribution in [0.2, 0.25) is 0 Å². The Morgan fingerprint density at radius 3 is 2.08 bits per heavy atom. The molecule has 0 aliphatic carbocycles. The molecule has 0 aromatic rings. The second-order valence-electron chi connectivity index (χ2n) is 8.47. The number of hydrogen-bond acceptors (Lipinski definition) is 5. The molecule has 0 atom stereocenters. The smallest absolute Gasteiger partial charge is 0.302 e. The van der Waals surface area contributed by atoms with Crippen LogP contribution in [0.5, 0.6) is 0 Å². The van der Waals surface area contributed by atoms with Gasteiger partial charge >= 0.3 is 5.97 Å². The molecule has 1 spiro atoms. The van der Waals surface area contributed by atoms with E-state index < -0.39 is 16.9 Å². The van der Waals surface area contributed by atoms with Crippen molar-refractivity contribution in [1.29, 1.82) is 0 Å². The van der Waals surface area contributed by atoms with E-state index in [1.165, 1.54) is 12.0 Å². The van der Waals surface area contributed by atoms with Gasteiger partial charge in [-0.05, 0) is 26.7 Å². The van der Waals surface area contributed by atoms with Crippen LogP contribution >= 0.6 is 0 Å². The van der Waals surface area contributed by atoms with Crippen LogP contribution < -0.4 is 0 Å². The van der Waals surface area contributed by atoms with E-state index in [1.54, 1.807) is 0 Å². The third-order valence-corrected chi connectivity index (χ3v) is 5.59. The lowest BCUT2D eigenvalue weighted by Gasteiger charge is -2.58. The van der Waals surface area contributed by atoms with Crippen LogP contribution in [0.25, 0.3) is 0 Å². The molecule has 139 valence electrons. The first-order valence-corrected chi connectivity index (χ1v) is 8.91. The van der Waals surface area contributed by atoms with E-state index >= 15 is 0 Å². The topological polar surface area (TPSA) is 67.9 Å². The number of nitrogens with zero attached hydrogens (tertiary/aromatic N) is 1. The third-order valence-electron chi connectivity index (χ3n) is 5.59. The standard InChI is InChI=1S/C18H32NO5/c1-7-17(8-2)10-18(9-15(4,5)19(17)21)23-12-16(6,13-24-18)11-22-14(3)20/h7-13H2,1-6H3. The summed E-state index contributed by atoms with van der Waals surface area (Å²) in [6, 6.07) is 0. The Morgan fingerprint density at radius 2 is 1.62 bits per heavy atom. The van der Waals surface area contributed by atoms with Gasteiger partial charge in [-0.25, -0.2) is 0 Å². The lowest BCUT2D eigenvalue weighted by molar-refractivity contribution is -0.392. The molecule has 24 heavy (non-hydrogen) atoms. The largest absolute Gasteiger partial charge is 0.465 e. The van der Waals surface area contributed by atoms with Gasteiger partial charge in [0.2, 0.25) is 0 Å². The fourth-order valence-corrected chi connectivity index (χ4v) is 4.05. The summed E-state index contributed by atoms with van der Waals surface area (Å²) in [6.07, 6.45) is 2.63. The van der Waals surface area contributed by atoms with Crippen LogP contribution in [0.3, 0.4) is 0 Å². The number of carbonyl (C=O) groups is 1. The molecule has 2 aliphatic rings. The maximum absolute atomic E-state index is 12.9. The molecule has 0 bridgehead atoms. The molecule has 0 saturated carbocycles. The van der Waals surface area contributed by atoms with E-state index in [4.69, 9.17) is 14.2 Å². The fourth-order valence-electron chi connectivity index (χ4n) is 4.05. The monoisotopic (exact) mass is 342 g/mol. The molecular formula is C18H32NO5. The zero-order chi connectivity index (χ0) is 18.2. The summed E-state index contributed by atoms with van der Waals surface area (Å²) in [5.41, 5.74) is -1.37. The van der Waals surface area contributed by atoms with E-state index in [0.717, 1.165) is 12.8 Å². The number of carbonyl (C=O) groups excluding carboxylic acids is 1. The second-order valence-corrected chi connectivity index (χ2v) is 8.47. The first kappa shape index (κ1) is 19.6. The predicted octanol–water partition coefficient (Wildman–Crippen LogP) is 3.08. The van der Waals surface area contributed by atoms with E-state index in [9.17, 15) is 10.0 Å². The lowest BCUT2D eigenvalue weighted by atomic mass is 9.73. The van der Waals surface area contributed by atoms with Crippen LogP contribution in [-0.2, 0) is 24.2 Å². The van der Waals surface area contributed by atoms with E-state index in [-0.39, 0.29) is 18.0 Å². The SMILES string of the molecule is CCC1(CC)CC2(CC(C)(C)N1[O])OCC(C)(COC(C)=O)CO2. The normalized spacial score (nSPS) is 35.8. The molecule has 6 nitrogen and oxygen atoms in total. The molecule has 2 heterocycles. The molecule has 0 aromatic carbocycles. The molecule has 6 heteroatoms. The summed E-state index contributed by atoms with van der Waals surface area (Å²) in [6.45, 7) is 12.6. The van der Waals surface area contributed by atoms with Crippen LogP contribution in [0, 0.1) is 5.41 Å². The van der Waals surface area contributed by atoms with Gasteiger partial charge < -0.3 is 14.2 Å². The lowest BCUT2D eigenvalue weighted by Crippen LogP contribution is -2.68. The van der Waals surface area contributed by atoms with E-state index in [0.29, 0.717) is 26.1 Å². The average Bonchev–Trinajstić information content (AvgIpc) is 2.52. The van der Waals surface area contributed by atoms with Gasteiger partial charge in [0.1, 0.15) is 6.61 Å². The predicted molar refractivity (Wildman–Crippen MR) is 88.5 cm³/mol. The van der Waals surface area contributed by atoms with Gasteiger partial charge in [0.05, 0.1) is 18.8 Å². The summed E-state index contributed by atoms with van der Waals surface area (Å²) in [5, 5.41) is 14.2. The Kier molecular flexibility index (Phi) is 5.36. The average molecular weight is 342 g/mol. The zero-order valence-corrected chi connectivity index (χ0v) is 15.9. The highest BCUT2D eigenvalue weighted by Gasteiger charge is 2.59. The Morgan fingerprint density at radius 1 is 1.08 bits per heavy atom. The van der Waals surface area contributed by atoms with Crippen molar-refractivity contribution in [2.75, 3.05) is 19.8 Å². The first-order valence-electron chi connectivity index (χ1n) is 8.91. The molecule has 2 saturated heterocycles. The summed E-state index contributed by atoms with van der Waals surface area (Å²) < 4.78 is 17.6. The van der Waals surface area contributed by atoms with Crippen molar-refractivity contribution in [1.82, 2.24) is 5.06 Å². The Balaban J connectivity index is 2.15. The van der Waals surface area contributed by atoms with Crippen LogP contribution in [0.1, 0.15) is 67.2 Å². The zero-order valence-electron chi connectivity index (χ0n) is 15.9. The summed E-state index contributed by atoms with van der Waals surface area (Å²) >= 11 is 0. The summed E-state index contributed by atoms with van der Waals surface area (Å²) in [7, 11) is 0. The van der Waals surface area contributed by atoms with Crippen molar-refractivity contribution in [3.63, 3.8) is 0 Å². The van der Waals surface area contributed by atoms with Crippen molar-refractivity contribution in [3.8, 4) is 0 Å². The molecular weight excluding hydrogens is 310 g/mol. The van der Waals surface area contributed by atoms with Gasteiger partial charge in [-0.2, -0.15) is 0 Å². The molecule has 2 fully saturated rings. The van der Waals surface area contributed by atoms with Crippen molar-refractivity contribution in [2.45, 2.75) is 84.1 Å². The number of hydroxylamine groups is 2. The maximum atomic E-state index is 12.9. The molecule has 2 aliphatic heterocycles. The van der Waals surface area contributed by atoms with Crippen molar-refractivity contribution in [3.05, 3.63) is 0 Å². The Bertz CT molecular complexity index is 464. The minimum atomic E-state index is -0.730. The number of hydrogen-bond donors (Lipinski definition) is 0. The highest BCUT2D eigenvalue weighted by atomic mass is 16.7. The number of esters is 1. The first-order chi connectivity index (χ1) is 11.0. The molecule has 0 aromatic heterocycles. The fraction of sp³-hybridized carbons (Fsp3) is 0.944. The highest BCUT2D eigenvalue weighted by molar-refractivity contribution is 5.65. The summed E-state index contributed by atoms with van der Waals surface area (Å²) in [5.74, 6) is -1.03. The second kappa shape index (κ2) is 6.56. The van der Waals surface area contributed by atoms with Gasteiger partial charge in [0.25, 0.3) is 0 Å². The molecule has 0 N–H and O–H groups in total. The Labute approximate surface area is 145 Å². The van der Waals surface area contributed by atoms with Gasteiger partial charge in [-0.1, -0.05) is 20.8 Å². The van der Waals surface area contributed by atoms with Crippen LogP contribution in [0.15, 0.2) is 0 Å². The molecule has 2 rings (SSSR count). The number of piperidine rings is 1. The number of ether oxygens (including phenoxy) is 3. The minimum absolute atomic E-state index is 0.280. The third kappa shape index (κ3) is 3.62. The van der Waals surface area contributed by atoms with Gasteiger partial charge in [-0.15, -0.1) is 10.3 Å². The van der Waals surface area contributed by atoms with Gasteiger partial charge in [0, 0.05) is 30.7 Å². The van der Waals surface area contributed by atoms with Crippen molar-refractivity contribution in [2.24, 2.45) is 5.41 Å². The quantitative estimate of drug-likeness (QED) is 0.735.